The second-order valence-electron chi connectivity index (χ2n) is 6.35. The third kappa shape index (κ3) is 2.99. The van der Waals surface area contributed by atoms with Crippen molar-refractivity contribution in [3.05, 3.63) is 82.0 Å². The highest BCUT2D eigenvalue weighted by molar-refractivity contribution is 5.94. The van der Waals surface area contributed by atoms with E-state index in [9.17, 15) is 4.79 Å². The van der Waals surface area contributed by atoms with E-state index in [0.29, 0.717) is 6.54 Å². The molecule has 0 aliphatic heterocycles. The number of nitrogens with zero attached hydrogens (tertiary/aromatic N) is 1. The van der Waals surface area contributed by atoms with Gasteiger partial charge in [0.05, 0.1) is 11.2 Å². The van der Waals surface area contributed by atoms with E-state index in [2.05, 4.69) is 33.7 Å². The summed E-state index contributed by atoms with van der Waals surface area (Å²) in [5.74, 6) is 0.782. The van der Waals surface area contributed by atoms with Crippen LogP contribution in [0.15, 0.2) is 63.9 Å². The summed E-state index contributed by atoms with van der Waals surface area (Å²) in [6.07, 6.45) is 0. The lowest BCUT2D eigenvalue weighted by Crippen LogP contribution is -2.08. The van der Waals surface area contributed by atoms with E-state index in [1.54, 1.807) is 6.07 Å². The first-order chi connectivity index (χ1) is 12.6. The van der Waals surface area contributed by atoms with Gasteiger partial charge in [-0.3, -0.25) is 4.79 Å². The molecule has 4 aromatic rings. The van der Waals surface area contributed by atoms with Crippen molar-refractivity contribution in [3.63, 3.8) is 0 Å². The smallest absolute Gasteiger partial charge is 0.250 e. The zero-order chi connectivity index (χ0) is 18.1. The van der Waals surface area contributed by atoms with E-state index < -0.39 is 0 Å². The minimum Gasteiger partial charge on any atom is -0.380 e. The van der Waals surface area contributed by atoms with Gasteiger partial charge in [0.25, 0.3) is 0 Å². The van der Waals surface area contributed by atoms with Crippen LogP contribution in [-0.4, -0.2) is 10.1 Å². The van der Waals surface area contributed by atoms with Gasteiger partial charge in [0.15, 0.2) is 0 Å². The van der Waals surface area contributed by atoms with E-state index in [-0.39, 0.29) is 5.56 Å². The van der Waals surface area contributed by atoms with Crippen LogP contribution in [0.2, 0.25) is 0 Å². The van der Waals surface area contributed by atoms with Gasteiger partial charge in [-0.05, 0) is 37.1 Å². The number of hydrogen-bond acceptors (Lipinski definition) is 4. The van der Waals surface area contributed by atoms with Gasteiger partial charge in [0.1, 0.15) is 5.76 Å². The van der Waals surface area contributed by atoms with Crippen molar-refractivity contribution >= 4 is 16.6 Å². The normalized spacial score (nSPS) is 11.0. The fraction of sp³-hybridized carbons (Fsp3) is 0.143. The first-order valence-electron chi connectivity index (χ1n) is 8.50. The van der Waals surface area contributed by atoms with Gasteiger partial charge in [0.2, 0.25) is 5.56 Å². The molecule has 5 nitrogen and oxygen atoms in total. The van der Waals surface area contributed by atoms with Crippen LogP contribution in [0.5, 0.6) is 0 Å². The molecule has 26 heavy (non-hydrogen) atoms. The molecule has 5 heteroatoms. The number of hydrogen-bond donors (Lipinski definition) is 2. The molecule has 4 rings (SSSR count). The Kier molecular flexibility index (Phi) is 4.05. The quantitative estimate of drug-likeness (QED) is 0.575. The lowest BCUT2D eigenvalue weighted by atomic mass is 10.0. The second kappa shape index (κ2) is 6.52. The summed E-state index contributed by atoms with van der Waals surface area (Å²) in [6.45, 7) is 4.48. The summed E-state index contributed by atoms with van der Waals surface area (Å²) in [7, 11) is 0. The van der Waals surface area contributed by atoms with Crippen LogP contribution in [0.4, 0.5) is 5.69 Å². The van der Waals surface area contributed by atoms with Crippen molar-refractivity contribution < 1.29 is 4.52 Å². The van der Waals surface area contributed by atoms with Crippen LogP contribution in [0.25, 0.3) is 22.0 Å². The molecule has 0 saturated heterocycles. The minimum absolute atomic E-state index is 0.127. The number of anilines is 1. The SMILES string of the molecule is Cc1noc(C)c1-c1ccc2[nH]c(=O)cc(NCc3ccccc3)c2c1. The molecule has 0 aliphatic carbocycles. The summed E-state index contributed by atoms with van der Waals surface area (Å²) in [6, 6.07) is 17.7. The van der Waals surface area contributed by atoms with E-state index in [1.807, 2.05) is 44.2 Å². The van der Waals surface area contributed by atoms with Crippen molar-refractivity contribution in [3.8, 4) is 11.1 Å². The summed E-state index contributed by atoms with van der Waals surface area (Å²) in [5, 5.41) is 8.38. The molecule has 130 valence electrons. The van der Waals surface area contributed by atoms with Crippen LogP contribution in [0.1, 0.15) is 17.0 Å². The highest BCUT2D eigenvalue weighted by Crippen LogP contribution is 2.31. The Morgan fingerprint density at radius 1 is 1.08 bits per heavy atom. The molecule has 0 fully saturated rings. The zero-order valence-corrected chi connectivity index (χ0v) is 14.7. The second-order valence-corrected chi connectivity index (χ2v) is 6.35. The number of pyridine rings is 1. The lowest BCUT2D eigenvalue weighted by Gasteiger charge is -2.11. The summed E-state index contributed by atoms with van der Waals surface area (Å²) in [4.78, 5) is 14.9. The molecule has 0 spiro atoms. The maximum Gasteiger partial charge on any atom is 0.250 e. The van der Waals surface area contributed by atoms with E-state index >= 15 is 0 Å². The van der Waals surface area contributed by atoms with Crippen molar-refractivity contribution in [2.45, 2.75) is 20.4 Å². The number of fused-ring (bicyclic) bond motifs is 1. The topological polar surface area (TPSA) is 70.9 Å². The summed E-state index contributed by atoms with van der Waals surface area (Å²) < 4.78 is 5.29. The third-order valence-corrected chi connectivity index (χ3v) is 4.49. The van der Waals surface area contributed by atoms with Crippen molar-refractivity contribution in [1.29, 1.82) is 0 Å². The van der Waals surface area contributed by atoms with Crippen LogP contribution in [0.3, 0.4) is 0 Å². The third-order valence-electron chi connectivity index (χ3n) is 4.49. The molecule has 2 aromatic heterocycles. The Bertz CT molecular complexity index is 1110. The molecule has 0 atom stereocenters. The van der Waals surface area contributed by atoms with E-state index in [4.69, 9.17) is 4.52 Å². The Morgan fingerprint density at radius 2 is 1.88 bits per heavy atom. The number of aryl methyl sites for hydroxylation is 2. The predicted molar refractivity (Wildman–Crippen MR) is 103 cm³/mol. The summed E-state index contributed by atoms with van der Waals surface area (Å²) >= 11 is 0. The first-order valence-corrected chi connectivity index (χ1v) is 8.50. The molecule has 0 radical (unpaired) electrons. The summed E-state index contributed by atoms with van der Waals surface area (Å²) in [5.41, 5.74) is 5.49. The molecule has 2 N–H and O–H groups in total. The highest BCUT2D eigenvalue weighted by Gasteiger charge is 2.13. The van der Waals surface area contributed by atoms with Gasteiger partial charge in [-0.2, -0.15) is 0 Å². The first kappa shape index (κ1) is 16.1. The Hall–Kier alpha value is -3.34. The van der Waals surface area contributed by atoms with E-state index in [0.717, 1.165) is 44.7 Å². The Morgan fingerprint density at radius 3 is 2.62 bits per heavy atom. The van der Waals surface area contributed by atoms with Gasteiger partial charge >= 0.3 is 0 Å². The fourth-order valence-corrected chi connectivity index (χ4v) is 3.24. The number of H-pyrrole nitrogens is 1. The monoisotopic (exact) mass is 345 g/mol. The average Bonchev–Trinajstić information content (AvgIpc) is 2.98. The fourth-order valence-electron chi connectivity index (χ4n) is 3.24. The highest BCUT2D eigenvalue weighted by atomic mass is 16.5. The van der Waals surface area contributed by atoms with Crippen molar-refractivity contribution in [2.24, 2.45) is 0 Å². The lowest BCUT2D eigenvalue weighted by molar-refractivity contribution is 0.393. The number of rotatable bonds is 4. The largest absolute Gasteiger partial charge is 0.380 e. The number of aromatic nitrogens is 2. The van der Waals surface area contributed by atoms with Gasteiger partial charge in [0, 0.05) is 29.2 Å². The van der Waals surface area contributed by atoms with Gasteiger partial charge < -0.3 is 14.8 Å². The molecular formula is C21H19N3O2. The molecule has 0 aliphatic rings. The van der Waals surface area contributed by atoms with Gasteiger partial charge in [-0.15, -0.1) is 0 Å². The van der Waals surface area contributed by atoms with Crippen LogP contribution < -0.4 is 10.9 Å². The van der Waals surface area contributed by atoms with Crippen LogP contribution >= 0.6 is 0 Å². The van der Waals surface area contributed by atoms with Gasteiger partial charge in [-0.25, -0.2) is 0 Å². The Labute approximate surface area is 150 Å². The van der Waals surface area contributed by atoms with Crippen molar-refractivity contribution in [1.82, 2.24) is 10.1 Å². The molecule has 2 aromatic carbocycles. The molecule has 0 saturated carbocycles. The maximum atomic E-state index is 12.0. The van der Waals surface area contributed by atoms with E-state index in [1.165, 1.54) is 0 Å². The average molecular weight is 345 g/mol. The molecule has 0 amide bonds. The zero-order valence-electron chi connectivity index (χ0n) is 14.7. The van der Waals surface area contributed by atoms with Gasteiger partial charge in [-0.1, -0.05) is 41.6 Å². The number of nitrogens with one attached hydrogen (secondary N) is 2. The van der Waals surface area contributed by atoms with Crippen LogP contribution in [0, 0.1) is 13.8 Å². The molecular weight excluding hydrogens is 326 g/mol. The Balaban J connectivity index is 1.79. The number of aromatic amines is 1. The standard InChI is InChI=1S/C21H19N3O2/c1-13-21(14(2)26-24-13)16-8-9-18-17(10-16)19(11-20(25)23-18)22-12-15-6-4-3-5-7-15/h3-11H,12H2,1-2H3,(H2,22,23,25). The minimum atomic E-state index is -0.127. The molecule has 0 unspecified atom stereocenters. The van der Waals surface area contributed by atoms with Crippen molar-refractivity contribution in [2.75, 3.05) is 5.32 Å². The predicted octanol–water partition coefficient (Wildman–Crippen LogP) is 4.41. The molecule has 0 bridgehead atoms. The number of benzene rings is 2. The maximum absolute atomic E-state index is 12.0. The molecule has 2 heterocycles. The van der Waals surface area contributed by atoms with Crippen LogP contribution in [-0.2, 0) is 6.54 Å².